The maximum atomic E-state index is 12.3. The predicted octanol–water partition coefficient (Wildman–Crippen LogP) is 0.103. The zero-order valence-corrected chi connectivity index (χ0v) is 12.2. The Balaban J connectivity index is 2.04. The normalized spacial score (nSPS) is 23.4. The van der Waals surface area contributed by atoms with E-state index in [1.54, 1.807) is 6.92 Å². The quantitative estimate of drug-likeness (QED) is 0.781. The van der Waals surface area contributed by atoms with Gasteiger partial charge < -0.3 is 9.84 Å². The Morgan fingerprint density at radius 2 is 2.05 bits per heavy atom. The Hall–Kier alpha value is -0.990. The van der Waals surface area contributed by atoms with Gasteiger partial charge in [-0.2, -0.15) is 17.4 Å². The first kappa shape index (κ1) is 15.4. The minimum Gasteiger partial charge on any atom is -0.389 e. The average Bonchev–Trinajstić information content (AvgIpc) is 2.85. The smallest absolute Gasteiger partial charge is 0.280 e. The monoisotopic (exact) mass is 300 g/mol. The lowest BCUT2D eigenvalue weighted by Crippen LogP contribution is -2.50. The second-order valence-corrected chi connectivity index (χ2v) is 6.40. The van der Waals surface area contributed by atoms with Crippen molar-refractivity contribution in [1.82, 2.24) is 9.03 Å². The van der Waals surface area contributed by atoms with Gasteiger partial charge >= 0.3 is 0 Å². The molecule has 1 fully saturated rings. The van der Waals surface area contributed by atoms with Gasteiger partial charge in [-0.05, 0) is 5.56 Å². The molecular formula is C13H20N2O4S. The van der Waals surface area contributed by atoms with Crippen molar-refractivity contribution in [3.05, 3.63) is 35.9 Å². The van der Waals surface area contributed by atoms with Crippen LogP contribution in [0.4, 0.5) is 0 Å². The zero-order chi connectivity index (χ0) is 14.6. The zero-order valence-electron chi connectivity index (χ0n) is 11.4. The van der Waals surface area contributed by atoms with Crippen molar-refractivity contribution >= 4 is 10.2 Å². The van der Waals surface area contributed by atoms with Gasteiger partial charge in [-0.15, -0.1) is 0 Å². The number of rotatable bonds is 6. The van der Waals surface area contributed by atoms with Crippen LogP contribution < -0.4 is 4.72 Å². The molecule has 1 saturated heterocycles. The van der Waals surface area contributed by atoms with E-state index in [2.05, 4.69) is 4.72 Å². The summed E-state index contributed by atoms with van der Waals surface area (Å²) < 4.78 is 33.6. The van der Waals surface area contributed by atoms with Gasteiger partial charge in [0.2, 0.25) is 0 Å². The van der Waals surface area contributed by atoms with Crippen molar-refractivity contribution in [2.24, 2.45) is 0 Å². The molecular weight excluding hydrogens is 280 g/mol. The number of aliphatic hydroxyl groups is 1. The molecule has 0 aliphatic carbocycles. The molecule has 0 saturated carbocycles. The summed E-state index contributed by atoms with van der Waals surface area (Å²) in [6.07, 6.45) is -0.775. The van der Waals surface area contributed by atoms with E-state index in [4.69, 9.17) is 4.74 Å². The average molecular weight is 300 g/mol. The van der Waals surface area contributed by atoms with Crippen LogP contribution >= 0.6 is 0 Å². The largest absolute Gasteiger partial charge is 0.389 e. The molecule has 0 unspecified atom stereocenters. The number of hydrogen-bond donors (Lipinski definition) is 2. The summed E-state index contributed by atoms with van der Waals surface area (Å²) in [6.45, 7) is 2.65. The van der Waals surface area contributed by atoms with Gasteiger partial charge in [-0.1, -0.05) is 37.3 Å². The third kappa shape index (κ3) is 3.56. The number of ether oxygens (including phenoxy) is 1. The van der Waals surface area contributed by atoms with Crippen molar-refractivity contribution in [2.45, 2.75) is 25.6 Å². The topological polar surface area (TPSA) is 78.9 Å². The summed E-state index contributed by atoms with van der Waals surface area (Å²) in [5, 5.41) is 9.78. The molecule has 112 valence electrons. The van der Waals surface area contributed by atoms with Gasteiger partial charge in [0.1, 0.15) is 0 Å². The first-order valence-corrected chi connectivity index (χ1v) is 8.04. The summed E-state index contributed by atoms with van der Waals surface area (Å²) in [5.74, 6) is 0. The first-order chi connectivity index (χ1) is 9.54. The van der Waals surface area contributed by atoms with E-state index in [0.717, 1.165) is 5.56 Å². The minimum absolute atomic E-state index is 0.176. The van der Waals surface area contributed by atoms with Crippen LogP contribution in [-0.2, 0) is 21.5 Å². The maximum absolute atomic E-state index is 12.3. The van der Waals surface area contributed by atoms with Crippen molar-refractivity contribution < 1.29 is 18.3 Å². The maximum Gasteiger partial charge on any atom is 0.280 e. The predicted molar refractivity (Wildman–Crippen MR) is 75.2 cm³/mol. The van der Waals surface area contributed by atoms with Gasteiger partial charge in [0.15, 0.2) is 0 Å². The number of hydrogen-bond acceptors (Lipinski definition) is 4. The van der Waals surface area contributed by atoms with Crippen LogP contribution in [0.3, 0.4) is 0 Å². The van der Waals surface area contributed by atoms with Gasteiger partial charge in [0.05, 0.1) is 25.4 Å². The SMILES string of the molecule is CCN([C@@H]1COC[C@H]1O)S(=O)(=O)NCc1ccccc1. The highest BCUT2D eigenvalue weighted by molar-refractivity contribution is 7.87. The Morgan fingerprint density at radius 3 is 2.60 bits per heavy atom. The summed E-state index contributed by atoms with van der Waals surface area (Å²) in [7, 11) is -3.64. The fraction of sp³-hybridized carbons (Fsp3) is 0.538. The summed E-state index contributed by atoms with van der Waals surface area (Å²) >= 11 is 0. The lowest BCUT2D eigenvalue weighted by Gasteiger charge is -2.27. The van der Waals surface area contributed by atoms with Crippen LogP contribution in [0.5, 0.6) is 0 Å². The Labute approximate surface area is 119 Å². The standard InChI is InChI=1S/C13H20N2O4S/c1-2-15(12-9-19-10-13(12)16)20(17,18)14-8-11-6-4-3-5-7-11/h3-7,12-14,16H,2,8-10H2,1H3/t12-,13-/m1/s1. The van der Waals surface area contributed by atoms with Crippen LogP contribution in [0.15, 0.2) is 30.3 Å². The Morgan fingerprint density at radius 1 is 1.35 bits per heavy atom. The van der Waals surface area contributed by atoms with Crippen LogP contribution in [0.25, 0.3) is 0 Å². The molecule has 0 aromatic heterocycles. The van der Waals surface area contributed by atoms with Crippen molar-refractivity contribution in [1.29, 1.82) is 0 Å². The fourth-order valence-corrected chi connectivity index (χ4v) is 3.66. The highest BCUT2D eigenvalue weighted by Crippen LogP contribution is 2.16. The lowest BCUT2D eigenvalue weighted by atomic mass is 10.2. The second kappa shape index (κ2) is 6.64. The van der Waals surface area contributed by atoms with Crippen LogP contribution in [0.1, 0.15) is 12.5 Å². The van der Waals surface area contributed by atoms with Crippen molar-refractivity contribution in [2.75, 3.05) is 19.8 Å². The molecule has 0 bridgehead atoms. The molecule has 2 atom stereocenters. The molecule has 1 aliphatic rings. The van der Waals surface area contributed by atoms with E-state index >= 15 is 0 Å². The number of benzene rings is 1. The van der Waals surface area contributed by atoms with Crippen molar-refractivity contribution in [3.63, 3.8) is 0 Å². The van der Waals surface area contributed by atoms with Gasteiger partial charge in [-0.3, -0.25) is 0 Å². The Bertz CT molecular complexity index is 520. The number of nitrogens with one attached hydrogen (secondary N) is 1. The number of likely N-dealkylation sites (N-methyl/N-ethyl adjacent to an activating group) is 1. The van der Waals surface area contributed by atoms with Crippen LogP contribution in [0.2, 0.25) is 0 Å². The highest BCUT2D eigenvalue weighted by Gasteiger charge is 2.37. The third-order valence-corrected chi connectivity index (χ3v) is 4.97. The third-order valence-electron chi connectivity index (χ3n) is 3.31. The molecule has 1 heterocycles. The van der Waals surface area contributed by atoms with E-state index in [1.165, 1.54) is 4.31 Å². The second-order valence-electron chi connectivity index (χ2n) is 4.69. The summed E-state index contributed by atoms with van der Waals surface area (Å²) in [5.41, 5.74) is 0.885. The highest BCUT2D eigenvalue weighted by atomic mass is 32.2. The molecule has 6 nitrogen and oxygen atoms in total. The summed E-state index contributed by atoms with van der Waals surface area (Å²) in [6, 6.07) is 8.78. The van der Waals surface area contributed by atoms with E-state index in [-0.39, 0.29) is 26.3 Å². The molecule has 20 heavy (non-hydrogen) atoms. The first-order valence-electron chi connectivity index (χ1n) is 6.60. The van der Waals surface area contributed by atoms with E-state index in [0.29, 0.717) is 0 Å². The van der Waals surface area contributed by atoms with E-state index in [9.17, 15) is 13.5 Å². The molecule has 0 radical (unpaired) electrons. The molecule has 1 aromatic carbocycles. The lowest BCUT2D eigenvalue weighted by molar-refractivity contribution is 0.112. The van der Waals surface area contributed by atoms with Crippen LogP contribution in [0, 0.1) is 0 Å². The molecule has 1 aliphatic heterocycles. The molecule has 1 aromatic rings. The van der Waals surface area contributed by atoms with Crippen LogP contribution in [-0.4, -0.2) is 49.7 Å². The van der Waals surface area contributed by atoms with Gasteiger partial charge in [-0.25, -0.2) is 0 Å². The molecule has 2 rings (SSSR count). The molecule has 0 spiro atoms. The van der Waals surface area contributed by atoms with Gasteiger partial charge in [0.25, 0.3) is 10.2 Å². The van der Waals surface area contributed by atoms with Crippen molar-refractivity contribution in [3.8, 4) is 0 Å². The summed E-state index contributed by atoms with van der Waals surface area (Å²) in [4.78, 5) is 0. The fourth-order valence-electron chi connectivity index (χ4n) is 2.24. The molecule has 2 N–H and O–H groups in total. The molecule has 0 amide bonds. The Kier molecular flexibility index (Phi) is 5.11. The number of aliphatic hydroxyl groups excluding tert-OH is 1. The van der Waals surface area contributed by atoms with E-state index < -0.39 is 22.4 Å². The minimum atomic E-state index is -3.64. The van der Waals surface area contributed by atoms with E-state index in [1.807, 2.05) is 30.3 Å². The van der Waals surface area contributed by atoms with Gasteiger partial charge in [0, 0.05) is 13.1 Å². The number of nitrogens with zero attached hydrogens (tertiary/aromatic N) is 1. The molecule has 7 heteroatoms.